The second kappa shape index (κ2) is 3.49. The Balaban J connectivity index is 2.09. The van der Waals surface area contributed by atoms with Crippen molar-refractivity contribution in [3.05, 3.63) is 29.6 Å². The summed E-state index contributed by atoms with van der Waals surface area (Å²) in [5.74, 6) is 0. The van der Waals surface area contributed by atoms with E-state index in [1.807, 2.05) is 11.7 Å². The van der Waals surface area contributed by atoms with E-state index in [4.69, 9.17) is 0 Å². The zero-order valence-electron chi connectivity index (χ0n) is 9.70. The van der Waals surface area contributed by atoms with Crippen molar-refractivity contribution in [1.29, 1.82) is 0 Å². The first-order valence-electron chi connectivity index (χ1n) is 5.66. The van der Waals surface area contributed by atoms with Crippen LogP contribution in [0.3, 0.4) is 0 Å². The number of hydrogen-bond acceptors (Lipinski definition) is 2. The second-order valence-electron chi connectivity index (χ2n) is 4.33. The van der Waals surface area contributed by atoms with E-state index in [1.54, 1.807) is 0 Å². The quantitative estimate of drug-likeness (QED) is 0.779. The van der Waals surface area contributed by atoms with Crippen LogP contribution in [-0.4, -0.2) is 20.9 Å². The highest BCUT2D eigenvalue weighted by molar-refractivity contribution is 5.57. The van der Waals surface area contributed by atoms with Crippen molar-refractivity contribution >= 4 is 0 Å². The van der Waals surface area contributed by atoms with Crippen LogP contribution in [0.5, 0.6) is 0 Å². The molecule has 0 aromatic carbocycles. The van der Waals surface area contributed by atoms with E-state index in [0.717, 1.165) is 25.3 Å². The smallest absolute Gasteiger partial charge is 0.109 e. The van der Waals surface area contributed by atoms with Gasteiger partial charge in [0.1, 0.15) is 5.69 Å². The summed E-state index contributed by atoms with van der Waals surface area (Å²) in [5.41, 5.74) is 4.86. The minimum atomic E-state index is 0.964. The summed E-state index contributed by atoms with van der Waals surface area (Å²) in [7, 11) is 1.99. The molecule has 0 fully saturated rings. The van der Waals surface area contributed by atoms with Gasteiger partial charge >= 0.3 is 0 Å². The summed E-state index contributed by atoms with van der Waals surface area (Å²) in [4.78, 5) is 0. The third kappa shape index (κ3) is 1.38. The monoisotopic (exact) mass is 216 g/mol. The summed E-state index contributed by atoms with van der Waals surface area (Å²) < 4.78 is 4.29. The molecular formula is C12H16N4. The molecule has 16 heavy (non-hydrogen) atoms. The largest absolute Gasteiger partial charge is 0.341 e. The number of fused-ring (bicyclic) bond motifs is 1. The first-order chi connectivity index (χ1) is 7.75. The van der Waals surface area contributed by atoms with E-state index in [2.05, 4.69) is 40.1 Å². The number of aromatic nitrogens is 3. The number of hydrogen-bond donors (Lipinski definition) is 1. The molecule has 84 valence electrons. The summed E-state index contributed by atoms with van der Waals surface area (Å²) >= 11 is 0. The Morgan fingerprint density at radius 1 is 1.38 bits per heavy atom. The molecule has 1 aliphatic heterocycles. The van der Waals surface area contributed by atoms with Gasteiger partial charge in [0.05, 0.1) is 5.69 Å². The predicted molar refractivity (Wildman–Crippen MR) is 63.1 cm³/mol. The lowest BCUT2D eigenvalue weighted by molar-refractivity contribution is 0.519. The number of nitrogens with one attached hydrogen (secondary N) is 1. The Kier molecular flexibility index (Phi) is 2.11. The van der Waals surface area contributed by atoms with Gasteiger partial charge in [-0.05, 0) is 25.1 Å². The molecule has 1 N–H and O–H groups in total. The van der Waals surface area contributed by atoms with Gasteiger partial charge < -0.3 is 9.88 Å². The van der Waals surface area contributed by atoms with Gasteiger partial charge in [-0.25, -0.2) is 0 Å². The molecule has 0 unspecified atom stereocenters. The molecule has 0 radical (unpaired) electrons. The highest BCUT2D eigenvalue weighted by atomic mass is 15.3. The fourth-order valence-electron chi connectivity index (χ4n) is 2.24. The minimum Gasteiger partial charge on any atom is -0.341 e. The predicted octanol–water partition coefficient (Wildman–Crippen LogP) is 1.30. The third-order valence-electron chi connectivity index (χ3n) is 3.27. The average molecular weight is 216 g/mol. The first kappa shape index (κ1) is 9.66. The average Bonchev–Trinajstić information content (AvgIpc) is 2.83. The van der Waals surface area contributed by atoms with Crippen molar-refractivity contribution in [2.45, 2.75) is 20.0 Å². The van der Waals surface area contributed by atoms with Crippen LogP contribution in [0, 0.1) is 6.92 Å². The number of rotatable bonds is 1. The molecule has 0 aliphatic carbocycles. The lowest BCUT2D eigenvalue weighted by atomic mass is 10.3. The van der Waals surface area contributed by atoms with Gasteiger partial charge in [0.25, 0.3) is 0 Å². The van der Waals surface area contributed by atoms with Crippen LogP contribution < -0.4 is 5.32 Å². The van der Waals surface area contributed by atoms with Crippen molar-refractivity contribution in [1.82, 2.24) is 19.7 Å². The molecule has 2 aromatic heterocycles. The summed E-state index contributed by atoms with van der Waals surface area (Å²) in [6.07, 6.45) is 0. The lowest BCUT2D eigenvalue weighted by Crippen LogP contribution is -2.27. The number of aryl methyl sites for hydroxylation is 2. The Morgan fingerprint density at radius 2 is 2.25 bits per heavy atom. The molecule has 0 bridgehead atoms. The summed E-state index contributed by atoms with van der Waals surface area (Å²) in [6, 6.07) is 6.50. The van der Waals surface area contributed by atoms with Crippen LogP contribution in [0.25, 0.3) is 11.4 Å². The Labute approximate surface area is 94.9 Å². The fourth-order valence-corrected chi connectivity index (χ4v) is 2.24. The maximum absolute atomic E-state index is 4.54. The molecule has 2 aromatic rings. The van der Waals surface area contributed by atoms with Gasteiger partial charge in [-0.15, -0.1) is 0 Å². The zero-order valence-corrected chi connectivity index (χ0v) is 9.70. The van der Waals surface area contributed by atoms with Crippen molar-refractivity contribution in [3.63, 3.8) is 0 Å². The van der Waals surface area contributed by atoms with E-state index in [0.29, 0.717) is 0 Å². The van der Waals surface area contributed by atoms with Crippen LogP contribution in [0.2, 0.25) is 0 Å². The molecule has 3 heterocycles. The van der Waals surface area contributed by atoms with Crippen molar-refractivity contribution in [2.24, 2.45) is 7.05 Å². The van der Waals surface area contributed by atoms with Crippen LogP contribution in [0.4, 0.5) is 0 Å². The molecule has 0 saturated carbocycles. The standard InChI is InChI=1S/C12H16N4/c1-9-7-11(14-15(9)2)12-4-3-10-8-13-5-6-16(10)12/h3-4,7,13H,5-6,8H2,1-2H3. The van der Waals surface area contributed by atoms with E-state index in [-0.39, 0.29) is 0 Å². The Morgan fingerprint density at radius 3 is 3.00 bits per heavy atom. The van der Waals surface area contributed by atoms with Crippen LogP contribution >= 0.6 is 0 Å². The maximum Gasteiger partial charge on any atom is 0.109 e. The molecule has 3 rings (SSSR count). The van der Waals surface area contributed by atoms with Gasteiger partial charge in [0.2, 0.25) is 0 Å². The SMILES string of the molecule is Cc1cc(-c2ccc3n2CCNC3)nn1C. The van der Waals surface area contributed by atoms with Crippen molar-refractivity contribution in [2.75, 3.05) is 6.54 Å². The van der Waals surface area contributed by atoms with Crippen LogP contribution in [0.1, 0.15) is 11.4 Å². The van der Waals surface area contributed by atoms with Gasteiger partial charge in [-0.1, -0.05) is 0 Å². The molecular weight excluding hydrogens is 200 g/mol. The molecule has 4 heteroatoms. The van der Waals surface area contributed by atoms with Crippen LogP contribution in [-0.2, 0) is 20.1 Å². The Hall–Kier alpha value is -1.55. The molecule has 1 aliphatic rings. The topological polar surface area (TPSA) is 34.8 Å². The Bertz CT molecular complexity index is 502. The summed E-state index contributed by atoms with van der Waals surface area (Å²) in [5, 5.41) is 7.91. The second-order valence-corrected chi connectivity index (χ2v) is 4.33. The molecule has 4 nitrogen and oxygen atoms in total. The highest BCUT2D eigenvalue weighted by Crippen LogP contribution is 2.23. The van der Waals surface area contributed by atoms with E-state index in [1.165, 1.54) is 17.1 Å². The van der Waals surface area contributed by atoms with E-state index in [9.17, 15) is 0 Å². The maximum atomic E-state index is 4.54. The molecule has 0 spiro atoms. The van der Waals surface area contributed by atoms with Gasteiger partial charge in [0, 0.05) is 38.1 Å². The van der Waals surface area contributed by atoms with Crippen molar-refractivity contribution in [3.8, 4) is 11.4 Å². The highest BCUT2D eigenvalue weighted by Gasteiger charge is 2.15. The normalized spacial score (nSPS) is 15.1. The van der Waals surface area contributed by atoms with Gasteiger partial charge in [0.15, 0.2) is 0 Å². The van der Waals surface area contributed by atoms with E-state index >= 15 is 0 Å². The van der Waals surface area contributed by atoms with Gasteiger partial charge in [-0.2, -0.15) is 5.10 Å². The molecule has 0 amide bonds. The summed E-state index contributed by atoms with van der Waals surface area (Å²) in [6.45, 7) is 5.12. The third-order valence-corrected chi connectivity index (χ3v) is 3.27. The zero-order chi connectivity index (χ0) is 11.1. The number of nitrogens with zero attached hydrogens (tertiary/aromatic N) is 3. The van der Waals surface area contributed by atoms with Crippen molar-refractivity contribution < 1.29 is 0 Å². The van der Waals surface area contributed by atoms with Gasteiger partial charge in [-0.3, -0.25) is 4.68 Å². The van der Waals surface area contributed by atoms with E-state index < -0.39 is 0 Å². The molecule has 0 atom stereocenters. The fraction of sp³-hybridized carbons (Fsp3) is 0.417. The lowest BCUT2D eigenvalue weighted by Gasteiger charge is -2.18. The molecule has 0 saturated heterocycles. The minimum absolute atomic E-state index is 0.964. The van der Waals surface area contributed by atoms with Crippen LogP contribution in [0.15, 0.2) is 18.2 Å². The first-order valence-corrected chi connectivity index (χ1v) is 5.66.